The Hall–Kier alpha value is -1.91. The molecule has 134 valence electrons. The SMILES string of the molecule is COCOC(C)CSc1nc2ccccc2n2c(C(F)(F)F)nnc12. The fraction of sp³-hybridized carbons (Fsp3) is 0.400. The third kappa shape index (κ3) is 3.70. The number of thioether (sulfide) groups is 1. The van der Waals surface area contributed by atoms with Crippen LogP contribution in [0.15, 0.2) is 29.3 Å². The molecule has 2 heterocycles. The van der Waals surface area contributed by atoms with Crippen LogP contribution in [0.3, 0.4) is 0 Å². The van der Waals surface area contributed by atoms with E-state index in [9.17, 15) is 13.2 Å². The second kappa shape index (κ2) is 7.14. The number of ether oxygens (including phenoxy) is 2. The number of methoxy groups -OCH3 is 1. The van der Waals surface area contributed by atoms with Gasteiger partial charge in [0, 0.05) is 12.9 Å². The van der Waals surface area contributed by atoms with Crippen molar-refractivity contribution < 1.29 is 22.6 Å². The third-order valence-electron chi connectivity index (χ3n) is 3.38. The number of rotatable bonds is 6. The summed E-state index contributed by atoms with van der Waals surface area (Å²) in [7, 11) is 1.52. The molecular formula is C15H15F3N4O2S. The van der Waals surface area contributed by atoms with Gasteiger partial charge in [0.25, 0.3) is 0 Å². The number of alkyl halides is 3. The first-order valence-electron chi connectivity index (χ1n) is 7.36. The van der Waals surface area contributed by atoms with Gasteiger partial charge in [0.05, 0.1) is 17.1 Å². The first kappa shape index (κ1) is 17.9. The van der Waals surface area contributed by atoms with Crippen LogP contribution in [0.2, 0.25) is 0 Å². The molecule has 6 nitrogen and oxygen atoms in total. The molecule has 1 unspecified atom stereocenters. The van der Waals surface area contributed by atoms with E-state index in [0.717, 1.165) is 4.40 Å². The van der Waals surface area contributed by atoms with Crippen molar-refractivity contribution in [2.24, 2.45) is 0 Å². The topological polar surface area (TPSA) is 61.5 Å². The summed E-state index contributed by atoms with van der Waals surface area (Å²) in [6, 6.07) is 6.59. The zero-order chi connectivity index (χ0) is 18.0. The highest BCUT2D eigenvalue weighted by Gasteiger charge is 2.38. The van der Waals surface area contributed by atoms with Crippen molar-refractivity contribution in [2.75, 3.05) is 19.7 Å². The molecule has 2 aromatic heterocycles. The molecule has 25 heavy (non-hydrogen) atoms. The lowest BCUT2D eigenvalue weighted by Crippen LogP contribution is -2.14. The largest absolute Gasteiger partial charge is 0.452 e. The number of fused-ring (bicyclic) bond motifs is 3. The molecule has 0 aliphatic rings. The number of benzene rings is 1. The van der Waals surface area contributed by atoms with E-state index in [-0.39, 0.29) is 18.5 Å². The maximum Gasteiger partial charge on any atom is 0.452 e. The minimum atomic E-state index is -4.61. The zero-order valence-electron chi connectivity index (χ0n) is 13.4. The molecule has 10 heteroatoms. The lowest BCUT2D eigenvalue weighted by Gasteiger charge is -2.13. The first-order valence-corrected chi connectivity index (χ1v) is 8.34. The van der Waals surface area contributed by atoms with Gasteiger partial charge in [-0.25, -0.2) is 4.98 Å². The van der Waals surface area contributed by atoms with Crippen LogP contribution in [0.5, 0.6) is 0 Å². The molecule has 3 rings (SSSR count). The molecule has 3 aromatic rings. The maximum absolute atomic E-state index is 13.3. The van der Waals surface area contributed by atoms with Crippen LogP contribution in [0.4, 0.5) is 13.2 Å². The first-order chi connectivity index (χ1) is 11.9. The van der Waals surface area contributed by atoms with Gasteiger partial charge in [0.2, 0.25) is 5.82 Å². The highest BCUT2D eigenvalue weighted by molar-refractivity contribution is 7.99. The highest BCUT2D eigenvalue weighted by atomic mass is 32.2. The van der Waals surface area contributed by atoms with Gasteiger partial charge in [-0.15, -0.1) is 10.2 Å². The van der Waals surface area contributed by atoms with Gasteiger partial charge >= 0.3 is 6.18 Å². The van der Waals surface area contributed by atoms with Crippen LogP contribution in [-0.2, 0) is 15.7 Å². The van der Waals surface area contributed by atoms with Gasteiger partial charge in [0.1, 0.15) is 11.8 Å². The minimum absolute atomic E-state index is 0.0787. The average molecular weight is 372 g/mol. The molecule has 1 aromatic carbocycles. The second-order valence-corrected chi connectivity index (χ2v) is 6.29. The zero-order valence-corrected chi connectivity index (χ0v) is 14.3. The van der Waals surface area contributed by atoms with Crippen LogP contribution in [0.1, 0.15) is 12.7 Å². The Kier molecular flexibility index (Phi) is 5.11. The van der Waals surface area contributed by atoms with Crippen molar-refractivity contribution in [3.63, 3.8) is 0 Å². The van der Waals surface area contributed by atoms with E-state index in [0.29, 0.717) is 21.8 Å². The fourth-order valence-electron chi connectivity index (χ4n) is 2.27. The van der Waals surface area contributed by atoms with E-state index in [4.69, 9.17) is 9.47 Å². The Labute approximate surface area is 145 Å². The van der Waals surface area contributed by atoms with E-state index in [1.165, 1.54) is 18.9 Å². The molecule has 0 N–H and O–H groups in total. The molecule has 1 atom stereocenters. The van der Waals surface area contributed by atoms with Crippen LogP contribution in [0, 0.1) is 0 Å². The van der Waals surface area contributed by atoms with Gasteiger partial charge in [-0.3, -0.25) is 4.40 Å². The number of aromatic nitrogens is 4. The smallest absolute Gasteiger partial charge is 0.359 e. The summed E-state index contributed by atoms with van der Waals surface area (Å²) in [5.74, 6) is -0.579. The quantitative estimate of drug-likeness (QED) is 0.488. The fourth-order valence-corrected chi connectivity index (χ4v) is 3.18. The molecule has 0 radical (unpaired) electrons. The van der Waals surface area contributed by atoms with Crippen molar-refractivity contribution in [3.05, 3.63) is 30.1 Å². The predicted octanol–water partition coefficient (Wildman–Crippen LogP) is 3.40. The molecule has 0 spiro atoms. The summed E-state index contributed by atoms with van der Waals surface area (Å²) in [5.41, 5.74) is 0.825. The van der Waals surface area contributed by atoms with Gasteiger partial charge < -0.3 is 9.47 Å². The number of nitrogens with zero attached hydrogens (tertiary/aromatic N) is 4. The highest BCUT2D eigenvalue weighted by Crippen LogP contribution is 2.33. The number of hydrogen-bond donors (Lipinski definition) is 0. The Morgan fingerprint density at radius 3 is 2.72 bits per heavy atom. The van der Waals surface area contributed by atoms with Gasteiger partial charge in [0.15, 0.2) is 5.65 Å². The van der Waals surface area contributed by atoms with E-state index in [1.54, 1.807) is 24.3 Å². The third-order valence-corrected chi connectivity index (χ3v) is 4.56. The van der Waals surface area contributed by atoms with Crippen molar-refractivity contribution in [3.8, 4) is 0 Å². The summed E-state index contributed by atoms with van der Waals surface area (Å²) in [6.45, 7) is 1.99. The average Bonchev–Trinajstić information content (AvgIpc) is 3.03. The summed E-state index contributed by atoms with van der Waals surface area (Å²) in [6.07, 6.45) is -4.77. The predicted molar refractivity (Wildman–Crippen MR) is 86.4 cm³/mol. The molecule has 0 fully saturated rings. The molecule has 0 bridgehead atoms. The second-order valence-electron chi connectivity index (χ2n) is 5.28. The summed E-state index contributed by atoms with van der Waals surface area (Å²) in [4.78, 5) is 4.44. The molecule has 0 aliphatic carbocycles. The Morgan fingerprint density at radius 2 is 2.00 bits per heavy atom. The normalized spacial score (nSPS) is 13.6. The van der Waals surface area contributed by atoms with Crippen LogP contribution in [-0.4, -0.2) is 45.3 Å². The van der Waals surface area contributed by atoms with Crippen LogP contribution in [0.25, 0.3) is 16.7 Å². The molecule has 0 saturated carbocycles. The van der Waals surface area contributed by atoms with Crippen molar-refractivity contribution >= 4 is 28.4 Å². The van der Waals surface area contributed by atoms with Crippen LogP contribution < -0.4 is 0 Å². The number of para-hydroxylation sites is 2. The van der Waals surface area contributed by atoms with Gasteiger partial charge in [-0.1, -0.05) is 23.9 Å². The maximum atomic E-state index is 13.3. The Morgan fingerprint density at radius 1 is 1.24 bits per heavy atom. The lowest BCUT2D eigenvalue weighted by atomic mass is 10.3. The van der Waals surface area contributed by atoms with Gasteiger partial charge in [-0.2, -0.15) is 13.2 Å². The standard InChI is InChI=1S/C15H15F3N4O2S/c1-9(24-8-23-2)7-25-13-12-20-21-14(15(16,17)18)22(12)11-6-4-3-5-10(11)19-13/h3-6,9H,7-8H2,1-2H3. The van der Waals surface area contributed by atoms with Gasteiger partial charge in [-0.05, 0) is 19.1 Å². The van der Waals surface area contributed by atoms with Crippen molar-refractivity contribution in [1.29, 1.82) is 0 Å². The Balaban J connectivity index is 2.05. The van der Waals surface area contributed by atoms with E-state index >= 15 is 0 Å². The monoisotopic (exact) mass is 372 g/mol. The van der Waals surface area contributed by atoms with E-state index < -0.39 is 12.0 Å². The van der Waals surface area contributed by atoms with Crippen molar-refractivity contribution in [2.45, 2.75) is 24.2 Å². The minimum Gasteiger partial charge on any atom is -0.359 e. The molecule has 0 saturated heterocycles. The van der Waals surface area contributed by atoms with Crippen molar-refractivity contribution in [1.82, 2.24) is 19.6 Å². The summed E-state index contributed by atoms with van der Waals surface area (Å²) >= 11 is 1.26. The van der Waals surface area contributed by atoms with Crippen LogP contribution >= 0.6 is 11.8 Å². The summed E-state index contributed by atoms with van der Waals surface area (Å²) in [5, 5.41) is 7.43. The lowest BCUT2D eigenvalue weighted by molar-refractivity contribution is -0.145. The number of halogens is 3. The Bertz CT molecular complexity index is 884. The number of hydrogen-bond acceptors (Lipinski definition) is 6. The van der Waals surface area contributed by atoms with E-state index in [1.807, 2.05) is 6.92 Å². The molecular weight excluding hydrogens is 357 g/mol. The molecule has 0 amide bonds. The summed E-state index contributed by atoms with van der Waals surface area (Å²) < 4.78 is 51.1. The van der Waals surface area contributed by atoms with E-state index in [2.05, 4.69) is 15.2 Å². The molecule has 0 aliphatic heterocycles.